The Morgan fingerprint density at radius 1 is 0.926 bits per heavy atom. The van der Waals surface area contributed by atoms with Gasteiger partial charge in [-0.15, -0.1) is 0 Å². The second-order valence-corrected chi connectivity index (χ2v) is 6.20. The summed E-state index contributed by atoms with van der Waals surface area (Å²) in [6, 6.07) is 18.9. The van der Waals surface area contributed by atoms with E-state index < -0.39 is 17.8 Å². The number of nitrogens with zero attached hydrogens (tertiary/aromatic N) is 1. The van der Waals surface area contributed by atoms with Gasteiger partial charge >= 0.3 is 6.18 Å². The van der Waals surface area contributed by atoms with Crippen molar-refractivity contribution in [1.82, 2.24) is 4.98 Å². The SMILES string of the molecule is NC(=O)c1ccc(CC(c2ccccc2)c2ccc(C(F)(F)F)nc2)cc1. The van der Waals surface area contributed by atoms with Crippen molar-refractivity contribution in [1.29, 1.82) is 0 Å². The molecular weight excluding hydrogens is 353 g/mol. The van der Waals surface area contributed by atoms with Gasteiger partial charge in [0.05, 0.1) is 0 Å². The van der Waals surface area contributed by atoms with E-state index >= 15 is 0 Å². The van der Waals surface area contributed by atoms with Crippen LogP contribution in [0, 0.1) is 0 Å². The minimum absolute atomic E-state index is 0.166. The normalized spacial score (nSPS) is 12.6. The lowest BCUT2D eigenvalue weighted by Crippen LogP contribution is -2.12. The maximum atomic E-state index is 12.8. The molecule has 0 spiro atoms. The Hall–Kier alpha value is -3.15. The Kier molecular flexibility index (Phi) is 5.26. The molecule has 2 aromatic carbocycles. The third-order valence-corrected chi connectivity index (χ3v) is 4.36. The number of carbonyl (C=O) groups is 1. The zero-order valence-corrected chi connectivity index (χ0v) is 14.3. The number of halogens is 3. The number of alkyl halides is 3. The zero-order valence-electron chi connectivity index (χ0n) is 14.3. The monoisotopic (exact) mass is 370 g/mol. The molecule has 138 valence electrons. The summed E-state index contributed by atoms with van der Waals surface area (Å²) in [5.74, 6) is -0.673. The predicted octanol–water partition coefficient (Wildman–Crippen LogP) is 4.57. The fraction of sp³-hybridized carbons (Fsp3) is 0.143. The van der Waals surface area contributed by atoms with Crippen LogP contribution in [0.25, 0.3) is 0 Å². The summed E-state index contributed by atoms with van der Waals surface area (Å²) < 4.78 is 38.4. The van der Waals surface area contributed by atoms with Gasteiger partial charge in [0.25, 0.3) is 0 Å². The quantitative estimate of drug-likeness (QED) is 0.715. The highest BCUT2D eigenvalue weighted by atomic mass is 19.4. The van der Waals surface area contributed by atoms with Crippen molar-refractivity contribution in [3.63, 3.8) is 0 Å². The average molecular weight is 370 g/mol. The lowest BCUT2D eigenvalue weighted by molar-refractivity contribution is -0.141. The lowest BCUT2D eigenvalue weighted by Gasteiger charge is -2.19. The van der Waals surface area contributed by atoms with Crippen molar-refractivity contribution in [2.75, 3.05) is 0 Å². The Balaban J connectivity index is 1.93. The first kappa shape index (κ1) is 18.6. The average Bonchev–Trinajstić information content (AvgIpc) is 2.66. The number of benzene rings is 2. The van der Waals surface area contributed by atoms with Gasteiger partial charge in [0.2, 0.25) is 5.91 Å². The first-order valence-electron chi connectivity index (χ1n) is 8.31. The molecule has 0 fully saturated rings. The van der Waals surface area contributed by atoms with Crippen LogP contribution >= 0.6 is 0 Å². The highest BCUT2D eigenvalue weighted by Gasteiger charge is 2.32. The molecule has 0 radical (unpaired) electrons. The van der Waals surface area contributed by atoms with E-state index in [9.17, 15) is 18.0 Å². The smallest absolute Gasteiger partial charge is 0.366 e. The van der Waals surface area contributed by atoms with E-state index in [1.54, 1.807) is 24.3 Å². The lowest BCUT2D eigenvalue weighted by atomic mass is 9.86. The number of hydrogen-bond acceptors (Lipinski definition) is 2. The van der Waals surface area contributed by atoms with Crippen LogP contribution in [0.5, 0.6) is 0 Å². The van der Waals surface area contributed by atoms with Gasteiger partial charge in [0.15, 0.2) is 0 Å². The first-order valence-corrected chi connectivity index (χ1v) is 8.31. The van der Waals surface area contributed by atoms with Crippen molar-refractivity contribution in [3.05, 3.63) is 101 Å². The van der Waals surface area contributed by atoms with Crippen LogP contribution in [0.2, 0.25) is 0 Å². The van der Waals surface area contributed by atoms with Gasteiger partial charge in [-0.25, -0.2) is 0 Å². The van der Waals surface area contributed by atoms with E-state index in [0.29, 0.717) is 17.5 Å². The van der Waals surface area contributed by atoms with E-state index in [1.165, 1.54) is 12.3 Å². The summed E-state index contributed by atoms with van der Waals surface area (Å²) >= 11 is 0. The van der Waals surface area contributed by atoms with Gasteiger partial charge in [0, 0.05) is 17.7 Å². The fourth-order valence-corrected chi connectivity index (χ4v) is 2.93. The molecule has 1 unspecified atom stereocenters. The molecule has 0 aliphatic carbocycles. The summed E-state index contributed by atoms with van der Waals surface area (Å²) in [4.78, 5) is 14.8. The molecule has 0 bridgehead atoms. The number of rotatable bonds is 5. The second kappa shape index (κ2) is 7.61. The minimum atomic E-state index is -4.47. The molecule has 3 rings (SSSR count). The van der Waals surface area contributed by atoms with Crippen molar-refractivity contribution < 1.29 is 18.0 Å². The zero-order chi connectivity index (χ0) is 19.4. The van der Waals surface area contributed by atoms with Crippen LogP contribution in [0.4, 0.5) is 13.2 Å². The van der Waals surface area contributed by atoms with Gasteiger partial charge in [-0.3, -0.25) is 9.78 Å². The molecule has 0 aliphatic rings. The standard InChI is InChI=1S/C21H17F3N2O/c22-21(23,24)19-11-10-17(13-26-19)18(15-4-2-1-3-5-15)12-14-6-8-16(9-7-14)20(25)27/h1-11,13,18H,12H2,(H2,25,27). The van der Waals surface area contributed by atoms with E-state index in [4.69, 9.17) is 5.73 Å². The van der Waals surface area contributed by atoms with Crippen LogP contribution in [-0.4, -0.2) is 10.9 Å². The Bertz CT molecular complexity index is 905. The molecule has 0 saturated heterocycles. The van der Waals surface area contributed by atoms with E-state index in [-0.39, 0.29) is 5.92 Å². The molecule has 6 heteroatoms. The highest BCUT2D eigenvalue weighted by Crippen LogP contribution is 2.31. The Morgan fingerprint density at radius 3 is 2.11 bits per heavy atom. The van der Waals surface area contributed by atoms with Crippen molar-refractivity contribution in [3.8, 4) is 0 Å². The molecule has 1 amide bonds. The number of carbonyl (C=O) groups excluding carboxylic acids is 1. The van der Waals surface area contributed by atoms with E-state index in [2.05, 4.69) is 4.98 Å². The first-order chi connectivity index (χ1) is 12.8. The summed E-state index contributed by atoms with van der Waals surface area (Å²) in [5, 5.41) is 0. The molecular formula is C21H17F3N2O. The van der Waals surface area contributed by atoms with Crippen molar-refractivity contribution in [2.45, 2.75) is 18.5 Å². The second-order valence-electron chi connectivity index (χ2n) is 6.20. The summed E-state index contributed by atoms with van der Waals surface area (Å²) in [6.07, 6.45) is -2.64. The van der Waals surface area contributed by atoms with Crippen LogP contribution in [0.15, 0.2) is 72.9 Å². The number of primary amides is 1. The molecule has 2 N–H and O–H groups in total. The Labute approximate surface area is 154 Å². The number of aromatic nitrogens is 1. The van der Waals surface area contributed by atoms with Crippen LogP contribution in [0.1, 0.15) is 38.7 Å². The molecule has 27 heavy (non-hydrogen) atoms. The maximum absolute atomic E-state index is 12.8. The predicted molar refractivity (Wildman–Crippen MR) is 96.2 cm³/mol. The van der Waals surface area contributed by atoms with Crippen LogP contribution in [0.3, 0.4) is 0 Å². The van der Waals surface area contributed by atoms with Crippen molar-refractivity contribution in [2.24, 2.45) is 5.73 Å². The molecule has 1 aromatic heterocycles. The summed E-state index contributed by atoms with van der Waals surface area (Å²) in [6.45, 7) is 0. The van der Waals surface area contributed by atoms with Gasteiger partial charge in [-0.1, -0.05) is 48.5 Å². The van der Waals surface area contributed by atoms with Crippen molar-refractivity contribution >= 4 is 5.91 Å². The summed E-state index contributed by atoms with van der Waals surface area (Å²) in [7, 11) is 0. The third-order valence-electron chi connectivity index (χ3n) is 4.36. The summed E-state index contributed by atoms with van der Waals surface area (Å²) in [5.41, 5.74) is 7.35. The topological polar surface area (TPSA) is 56.0 Å². The number of amides is 1. The van der Waals surface area contributed by atoms with Crippen LogP contribution < -0.4 is 5.73 Å². The molecule has 0 saturated carbocycles. The van der Waals surface area contributed by atoms with E-state index in [0.717, 1.165) is 17.2 Å². The van der Waals surface area contributed by atoms with Gasteiger partial charge in [-0.05, 0) is 41.3 Å². The maximum Gasteiger partial charge on any atom is 0.433 e. The molecule has 0 aliphatic heterocycles. The highest BCUT2D eigenvalue weighted by molar-refractivity contribution is 5.92. The molecule has 3 nitrogen and oxygen atoms in total. The van der Waals surface area contributed by atoms with Gasteiger partial charge in [0.1, 0.15) is 5.69 Å². The van der Waals surface area contributed by atoms with Crippen LogP contribution in [-0.2, 0) is 12.6 Å². The van der Waals surface area contributed by atoms with Gasteiger partial charge < -0.3 is 5.73 Å². The van der Waals surface area contributed by atoms with E-state index in [1.807, 2.05) is 30.3 Å². The molecule has 1 atom stereocenters. The number of hydrogen-bond donors (Lipinski definition) is 1. The number of nitrogens with two attached hydrogens (primary N) is 1. The molecule has 3 aromatic rings. The minimum Gasteiger partial charge on any atom is -0.366 e. The van der Waals surface area contributed by atoms with Gasteiger partial charge in [-0.2, -0.15) is 13.2 Å². The number of pyridine rings is 1. The Morgan fingerprint density at radius 2 is 1.59 bits per heavy atom. The molecule has 1 heterocycles. The third kappa shape index (κ3) is 4.53. The largest absolute Gasteiger partial charge is 0.433 e. The fourth-order valence-electron chi connectivity index (χ4n) is 2.93.